The monoisotopic (exact) mass is 410 g/mol. The number of aromatic nitrogens is 2. The molecule has 0 aliphatic rings. The minimum Gasteiger partial charge on any atom is -0.478 e. The van der Waals surface area contributed by atoms with Crippen LogP contribution in [-0.2, 0) is 0 Å². The smallest absolute Gasteiger partial charge is 0.336 e. The number of pyridine rings is 1. The molecule has 2 heterocycles. The summed E-state index contributed by atoms with van der Waals surface area (Å²) < 4.78 is 5.96. The van der Waals surface area contributed by atoms with E-state index in [0.29, 0.717) is 39.2 Å². The quantitative estimate of drug-likeness (QED) is 0.423. The van der Waals surface area contributed by atoms with Crippen LogP contribution in [0.25, 0.3) is 44.7 Å². The van der Waals surface area contributed by atoms with Crippen molar-refractivity contribution in [3.05, 3.63) is 83.9 Å². The second kappa shape index (κ2) is 7.07. The van der Waals surface area contributed by atoms with Crippen molar-refractivity contribution >= 4 is 33.9 Å². The van der Waals surface area contributed by atoms with Crippen molar-refractivity contribution in [3.63, 3.8) is 0 Å². The number of oxazole rings is 1. The predicted octanol–water partition coefficient (Wildman–Crippen LogP) is 5.11. The van der Waals surface area contributed by atoms with Crippen molar-refractivity contribution in [2.24, 2.45) is 0 Å². The fourth-order valence-corrected chi connectivity index (χ4v) is 3.54. The van der Waals surface area contributed by atoms with Gasteiger partial charge in [0, 0.05) is 11.1 Å². The first-order chi connectivity index (χ1) is 15.0. The normalized spacial score (nSPS) is 11.1. The minimum absolute atomic E-state index is 0.00193. The van der Waals surface area contributed by atoms with Crippen LogP contribution in [-0.4, -0.2) is 32.1 Å². The van der Waals surface area contributed by atoms with Gasteiger partial charge in [-0.1, -0.05) is 30.3 Å². The van der Waals surface area contributed by atoms with E-state index in [1.54, 1.807) is 24.3 Å². The highest BCUT2D eigenvalue weighted by molar-refractivity contribution is 6.13. The second-order valence-corrected chi connectivity index (χ2v) is 6.94. The van der Waals surface area contributed by atoms with E-state index >= 15 is 0 Å². The van der Waals surface area contributed by atoms with E-state index in [2.05, 4.69) is 9.97 Å². The highest BCUT2D eigenvalue weighted by Gasteiger charge is 2.20. The van der Waals surface area contributed by atoms with Crippen LogP contribution in [0.15, 0.2) is 77.2 Å². The van der Waals surface area contributed by atoms with Crippen molar-refractivity contribution in [2.75, 3.05) is 0 Å². The average Bonchev–Trinajstić information content (AvgIpc) is 3.23. The second-order valence-electron chi connectivity index (χ2n) is 6.94. The summed E-state index contributed by atoms with van der Waals surface area (Å²) in [5, 5.41) is 19.5. The van der Waals surface area contributed by atoms with Crippen LogP contribution in [0.3, 0.4) is 0 Å². The van der Waals surface area contributed by atoms with Crippen LogP contribution in [0.2, 0.25) is 0 Å². The summed E-state index contributed by atoms with van der Waals surface area (Å²) in [5.74, 6) is -1.83. The van der Waals surface area contributed by atoms with Crippen molar-refractivity contribution < 1.29 is 24.2 Å². The molecule has 2 N–H and O–H groups in total. The molecule has 0 saturated heterocycles. The summed E-state index contributed by atoms with van der Waals surface area (Å²) in [7, 11) is 0. The van der Waals surface area contributed by atoms with Gasteiger partial charge >= 0.3 is 11.9 Å². The fraction of sp³-hybridized carbons (Fsp3) is 0. The third kappa shape index (κ3) is 3.18. The summed E-state index contributed by atoms with van der Waals surface area (Å²) >= 11 is 0. The molecule has 150 valence electrons. The molecule has 2 aromatic heterocycles. The van der Waals surface area contributed by atoms with E-state index < -0.39 is 11.9 Å². The van der Waals surface area contributed by atoms with Gasteiger partial charge in [0.1, 0.15) is 5.52 Å². The number of carboxylic acids is 2. The molecule has 0 atom stereocenters. The molecule has 0 radical (unpaired) electrons. The van der Waals surface area contributed by atoms with Crippen LogP contribution in [0, 0.1) is 0 Å². The number of benzene rings is 3. The van der Waals surface area contributed by atoms with Crippen molar-refractivity contribution in [3.8, 4) is 22.7 Å². The van der Waals surface area contributed by atoms with Crippen LogP contribution in [0.4, 0.5) is 0 Å². The maximum Gasteiger partial charge on any atom is 0.336 e. The topological polar surface area (TPSA) is 114 Å². The zero-order valence-corrected chi connectivity index (χ0v) is 15.9. The molecule has 0 unspecified atom stereocenters. The highest BCUT2D eigenvalue weighted by atomic mass is 16.4. The van der Waals surface area contributed by atoms with E-state index in [1.165, 1.54) is 18.2 Å². The molecule has 0 saturated carbocycles. The average molecular weight is 410 g/mol. The molecule has 0 spiro atoms. The lowest BCUT2D eigenvalue weighted by Gasteiger charge is -2.08. The molecule has 3 aromatic carbocycles. The number of fused-ring (bicyclic) bond motifs is 3. The first-order valence-corrected chi connectivity index (χ1v) is 9.38. The van der Waals surface area contributed by atoms with Gasteiger partial charge in [-0.3, -0.25) is 0 Å². The van der Waals surface area contributed by atoms with Gasteiger partial charge in [-0.15, -0.1) is 0 Å². The number of hydrogen-bond donors (Lipinski definition) is 2. The first-order valence-electron chi connectivity index (χ1n) is 9.38. The summed E-state index contributed by atoms with van der Waals surface area (Å²) in [5.41, 5.74) is 3.01. The molecular formula is C24H14N2O5. The number of carboxylic acid groups (broad SMARTS) is 2. The summed E-state index contributed by atoms with van der Waals surface area (Å²) in [6.45, 7) is 0. The van der Waals surface area contributed by atoms with Gasteiger partial charge < -0.3 is 14.6 Å². The molecule has 0 bridgehead atoms. The van der Waals surface area contributed by atoms with Crippen LogP contribution >= 0.6 is 0 Å². The third-order valence-corrected chi connectivity index (χ3v) is 4.98. The zero-order valence-electron chi connectivity index (χ0n) is 15.9. The number of nitrogens with zero attached hydrogens (tertiary/aromatic N) is 2. The molecular weight excluding hydrogens is 396 g/mol. The van der Waals surface area contributed by atoms with Crippen molar-refractivity contribution in [2.45, 2.75) is 0 Å². The maximum absolute atomic E-state index is 12.1. The fourth-order valence-electron chi connectivity index (χ4n) is 3.54. The van der Waals surface area contributed by atoms with Gasteiger partial charge in [0.2, 0.25) is 5.89 Å². The third-order valence-electron chi connectivity index (χ3n) is 4.98. The van der Waals surface area contributed by atoms with Crippen LogP contribution < -0.4 is 0 Å². The van der Waals surface area contributed by atoms with E-state index in [9.17, 15) is 19.8 Å². The van der Waals surface area contributed by atoms with E-state index in [1.807, 2.05) is 30.3 Å². The molecule has 5 aromatic rings. The zero-order chi connectivity index (χ0) is 21.5. The van der Waals surface area contributed by atoms with Gasteiger partial charge in [0.05, 0.1) is 27.7 Å². The Morgan fingerprint density at radius 3 is 2.23 bits per heavy atom. The molecule has 7 heteroatoms. The molecule has 0 amide bonds. The molecule has 0 aliphatic heterocycles. The summed E-state index contributed by atoms with van der Waals surface area (Å²) in [6.07, 6.45) is 0. The molecule has 0 aliphatic carbocycles. The first kappa shape index (κ1) is 18.5. The van der Waals surface area contributed by atoms with Gasteiger partial charge in [-0.05, 0) is 42.5 Å². The highest BCUT2D eigenvalue weighted by Crippen LogP contribution is 2.33. The van der Waals surface area contributed by atoms with Crippen LogP contribution in [0.1, 0.15) is 20.7 Å². The Kier molecular flexibility index (Phi) is 4.22. The van der Waals surface area contributed by atoms with Gasteiger partial charge in [-0.25, -0.2) is 19.6 Å². The van der Waals surface area contributed by atoms with Crippen molar-refractivity contribution in [1.29, 1.82) is 0 Å². The Labute approximate surface area is 175 Å². The lowest BCUT2D eigenvalue weighted by Crippen LogP contribution is -2.01. The van der Waals surface area contributed by atoms with Gasteiger partial charge in [-0.2, -0.15) is 0 Å². The van der Waals surface area contributed by atoms with Crippen molar-refractivity contribution in [1.82, 2.24) is 9.97 Å². The van der Waals surface area contributed by atoms with Crippen LogP contribution in [0.5, 0.6) is 0 Å². The lowest BCUT2D eigenvalue weighted by atomic mass is 10.0. The lowest BCUT2D eigenvalue weighted by molar-refractivity contribution is 0.0687. The van der Waals surface area contributed by atoms with E-state index in [0.717, 1.165) is 5.56 Å². The van der Waals surface area contributed by atoms with Gasteiger partial charge in [0.25, 0.3) is 0 Å². The Bertz CT molecular complexity index is 1490. The SMILES string of the molecule is O=C(O)c1cccc(-c2cc(C(=O)O)c3c(ccc4nc(-c5ccccc5)oc43)n2)c1. The predicted molar refractivity (Wildman–Crippen MR) is 114 cm³/mol. The Morgan fingerprint density at radius 1 is 0.742 bits per heavy atom. The number of hydrogen-bond acceptors (Lipinski definition) is 5. The molecule has 7 nitrogen and oxygen atoms in total. The largest absolute Gasteiger partial charge is 0.478 e. The van der Waals surface area contributed by atoms with Gasteiger partial charge in [0.15, 0.2) is 5.58 Å². The summed E-state index contributed by atoms with van der Waals surface area (Å²) in [4.78, 5) is 32.5. The Balaban J connectivity index is 1.76. The summed E-state index contributed by atoms with van der Waals surface area (Å²) in [6, 6.07) is 20.4. The standard InChI is InChI=1S/C24H14N2O5/c27-23(28)15-8-4-7-14(11-15)19-12-16(24(29)30)20-17(25-19)9-10-18-21(20)31-22(26-18)13-5-2-1-3-6-13/h1-12H,(H,27,28)(H,29,30). The maximum atomic E-state index is 12.1. The number of rotatable bonds is 4. The molecule has 0 fully saturated rings. The number of aromatic carboxylic acids is 2. The number of carbonyl (C=O) groups is 2. The minimum atomic E-state index is -1.15. The molecule has 5 rings (SSSR count). The van der Waals surface area contributed by atoms with E-state index in [-0.39, 0.29) is 11.1 Å². The Morgan fingerprint density at radius 2 is 1.48 bits per heavy atom. The molecule has 31 heavy (non-hydrogen) atoms. The van der Waals surface area contributed by atoms with E-state index in [4.69, 9.17) is 4.42 Å². The Hall–Kier alpha value is -4.52.